The number of hydrogen-bond acceptors (Lipinski definition) is 6. The summed E-state index contributed by atoms with van der Waals surface area (Å²) in [5, 5.41) is 3.02. The normalized spacial score (nSPS) is 24.7. The SMILES string of the molecule is C.Cc1cnc(C(=O)Nc2ccc(F)c([C@]34C[C@@H](F)C[C@H]3CSC(N)=N4)c2)cn1.F. The van der Waals surface area contributed by atoms with Gasteiger partial charge in [0.2, 0.25) is 0 Å². The predicted molar refractivity (Wildman–Crippen MR) is 114 cm³/mol. The van der Waals surface area contributed by atoms with E-state index in [4.69, 9.17) is 5.73 Å². The van der Waals surface area contributed by atoms with Crippen LogP contribution < -0.4 is 11.1 Å². The molecule has 6 nitrogen and oxygen atoms in total. The van der Waals surface area contributed by atoms with E-state index in [0.29, 0.717) is 28.7 Å². The highest BCUT2D eigenvalue weighted by Gasteiger charge is 2.52. The molecule has 3 N–H and O–H groups in total. The zero-order valence-corrected chi connectivity index (χ0v) is 16.4. The number of carbonyl (C=O) groups is 1. The Balaban J connectivity index is 0.00000160. The van der Waals surface area contributed by atoms with Crippen molar-refractivity contribution in [2.75, 3.05) is 11.1 Å². The van der Waals surface area contributed by atoms with E-state index in [9.17, 15) is 13.6 Å². The van der Waals surface area contributed by atoms with E-state index in [1.807, 2.05) is 0 Å². The highest BCUT2D eigenvalue weighted by atomic mass is 32.2. The van der Waals surface area contributed by atoms with Gasteiger partial charge < -0.3 is 11.1 Å². The van der Waals surface area contributed by atoms with Crippen LogP contribution in [-0.4, -0.2) is 33.0 Å². The summed E-state index contributed by atoms with van der Waals surface area (Å²) in [6.07, 6.45) is 2.19. The number of benzene rings is 1. The molecule has 1 aliphatic heterocycles. The Labute approximate surface area is 177 Å². The number of aromatic nitrogens is 2. The molecule has 3 atom stereocenters. The highest BCUT2D eigenvalue weighted by Crippen LogP contribution is 2.52. The summed E-state index contributed by atoms with van der Waals surface area (Å²) in [6, 6.07) is 4.24. The molecule has 0 saturated heterocycles. The Morgan fingerprint density at radius 2 is 2.10 bits per heavy atom. The molecule has 1 aliphatic carbocycles. The summed E-state index contributed by atoms with van der Waals surface area (Å²) in [7, 11) is 0. The highest BCUT2D eigenvalue weighted by molar-refractivity contribution is 8.13. The van der Waals surface area contributed by atoms with Gasteiger partial charge in [-0.3, -0.25) is 19.5 Å². The van der Waals surface area contributed by atoms with Gasteiger partial charge in [-0.25, -0.2) is 13.8 Å². The van der Waals surface area contributed by atoms with Crippen molar-refractivity contribution in [1.29, 1.82) is 0 Å². The topological polar surface area (TPSA) is 93.3 Å². The summed E-state index contributed by atoms with van der Waals surface area (Å²) in [5.41, 5.74) is 6.34. The van der Waals surface area contributed by atoms with Gasteiger partial charge in [0.05, 0.1) is 17.4 Å². The van der Waals surface area contributed by atoms with Crippen molar-refractivity contribution < 1.29 is 18.3 Å². The molecule has 1 aromatic heterocycles. The molecular weight excluding hydrogens is 415 g/mol. The molecule has 30 heavy (non-hydrogen) atoms. The first-order valence-electron chi connectivity index (χ1n) is 8.89. The molecule has 2 heterocycles. The van der Waals surface area contributed by atoms with Crippen molar-refractivity contribution >= 4 is 28.5 Å². The molecule has 0 spiro atoms. The smallest absolute Gasteiger partial charge is 0.275 e. The Morgan fingerprint density at radius 1 is 1.33 bits per heavy atom. The number of halogens is 3. The standard InChI is InChI=1S/C19H19F2N5OS.CH4.FH/c1-10-7-24-16(8-23-10)17(27)25-13-2-3-15(21)14(5-13)19-6-12(20)4-11(19)9-28-18(22)26-19;;/h2-3,5,7-8,11-12H,4,6,9H2,1H3,(H2,22,26)(H,25,27);1H4;1H/t11-,12-,19-;;/m0../s1. The lowest BCUT2D eigenvalue weighted by Gasteiger charge is -2.35. The molecule has 0 radical (unpaired) electrons. The Kier molecular flexibility index (Phi) is 7.12. The van der Waals surface area contributed by atoms with Gasteiger partial charge in [-0.2, -0.15) is 0 Å². The molecule has 10 heteroatoms. The van der Waals surface area contributed by atoms with Gasteiger partial charge in [-0.15, -0.1) is 0 Å². The molecular formula is C20H24F3N5OS. The maximum atomic E-state index is 14.8. The number of alkyl halides is 1. The average Bonchev–Trinajstić information content (AvgIpc) is 2.99. The third-order valence-corrected chi connectivity index (χ3v) is 6.15. The molecule has 1 amide bonds. The number of thioether (sulfide) groups is 1. The fourth-order valence-corrected chi connectivity index (χ4v) is 4.89. The predicted octanol–water partition coefficient (Wildman–Crippen LogP) is 3.97. The van der Waals surface area contributed by atoms with Crippen molar-refractivity contribution in [2.45, 2.75) is 38.9 Å². The summed E-state index contributed by atoms with van der Waals surface area (Å²) in [4.78, 5) is 25.0. The van der Waals surface area contributed by atoms with E-state index in [1.165, 1.54) is 42.4 Å². The zero-order chi connectivity index (χ0) is 19.9. The van der Waals surface area contributed by atoms with Crippen LogP contribution in [0.25, 0.3) is 0 Å². The summed E-state index contributed by atoms with van der Waals surface area (Å²) >= 11 is 1.36. The van der Waals surface area contributed by atoms with Gasteiger partial charge in [-0.05, 0) is 31.5 Å². The molecule has 1 fully saturated rings. The van der Waals surface area contributed by atoms with Crippen molar-refractivity contribution in [1.82, 2.24) is 9.97 Å². The fraction of sp³-hybridized carbons (Fsp3) is 0.400. The van der Waals surface area contributed by atoms with Crippen molar-refractivity contribution in [3.8, 4) is 0 Å². The van der Waals surface area contributed by atoms with Crippen LogP contribution in [-0.2, 0) is 5.54 Å². The van der Waals surface area contributed by atoms with Gasteiger partial charge >= 0.3 is 0 Å². The number of rotatable bonds is 3. The van der Waals surface area contributed by atoms with E-state index >= 15 is 0 Å². The van der Waals surface area contributed by atoms with Crippen molar-refractivity contribution in [3.63, 3.8) is 0 Å². The third-order valence-electron chi connectivity index (χ3n) is 5.19. The van der Waals surface area contributed by atoms with Crippen LogP contribution in [0, 0.1) is 18.7 Å². The number of hydrogen-bond donors (Lipinski definition) is 2. The average molecular weight is 440 g/mol. The first-order chi connectivity index (χ1) is 13.4. The lowest BCUT2D eigenvalue weighted by atomic mass is 9.81. The number of amidine groups is 1. The molecule has 0 unspecified atom stereocenters. The maximum Gasteiger partial charge on any atom is 0.275 e. The largest absolute Gasteiger partial charge is 0.379 e. The minimum absolute atomic E-state index is 0. The second-order valence-electron chi connectivity index (χ2n) is 7.11. The number of nitrogens with zero attached hydrogens (tertiary/aromatic N) is 3. The van der Waals surface area contributed by atoms with Crippen LogP contribution in [0.15, 0.2) is 35.6 Å². The number of carbonyl (C=O) groups excluding carboxylic acids is 1. The molecule has 2 aromatic rings. The van der Waals surface area contributed by atoms with E-state index < -0.39 is 23.4 Å². The van der Waals surface area contributed by atoms with Crippen LogP contribution in [0.4, 0.5) is 19.2 Å². The number of nitrogens with two attached hydrogens (primary N) is 1. The van der Waals surface area contributed by atoms with Crippen molar-refractivity contribution in [2.24, 2.45) is 16.6 Å². The number of anilines is 1. The number of fused-ring (bicyclic) bond motifs is 1. The van der Waals surface area contributed by atoms with Crippen LogP contribution in [0.3, 0.4) is 0 Å². The number of nitrogens with one attached hydrogen (secondary N) is 1. The van der Waals surface area contributed by atoms with Crippen LogP contribution in [0.2, 0.25) is 0 Å². The summed E-state index contributed by atoms with van der Waals surface area (Å²) in [6.45, 7) is 1.77. The minimum atomic E-state index is -1.07. The first-order valence-corrected chi connectivity index (χ1v) is 9.88. The molecule has 4 rings (SSSR count). The number of amides is 1. The van der Waals surface area contributed by atoms with Crippen molar-refractivity contribution in [3.05, 3.63) is 53.4 Å². The van der Waals surface area contributed by atoms with Crippen LogP contribution in [0.5, 0.6) is 0 Å². The summed E-state index contributed by atoms with van der Waals surface area (Å²) < 4.78 is 29.0. The Bertz CT molecular complexity index is 956. The van der Waals surface area contributed by atoms with Gasteiger partial charge in [0.1, 0.15) is 17.7 Å². The van der Waals surface area contributed by atoms with Gasteiger partial charge in [0, 0.05) is 35.5 Å². The lowest BCUT2D eigenvalue weighted by Crippen LogP contribution is -2.37. The van der Waals surface area contributed by atoms with E-state index in [1.54, 1.807) is 6.92 Å². The lowest BCUT2D eigenvalue weighted by molar-refractivity contribution is 0.102. The monoisotopic (exact) mass is 439 g/mol. The van der Waals surface area contributed by atoms with E-state index in [0.717, 1.165) is 0 Å². The second kappa shape index (κ2) is 9.03. The quantitative estimate of drug-likeness (QED) is 0.755. The molecule has 162 valence electrons. The van der Waals surface area contributed by atoms with E-state index in [2.05, 4.69) is 20.3 Å². The molecule has 1 saturated carbocycles. The van der Waals surface area contributed by atoms with Crippen LogP contribution >= 0.6 is 11.8 Å². The maximum absolute atomic E-state index is 14.8. The first kappa shape index (κ1) is 23.7. The second-order valence-corrected chi connectivity index (χ2v) is 8.15. The fourth-order valence-electron chi connectivity index (χ4n) is 3.88. The number of aliphatic imine (C=N–C) groups is 1. The Hall–Kier alpha value is -2.62. The molecule has 1 aromatic carbocycles. The molecule has 0 bridgehead atoms. The number of aryl methyl sites for hydroxylation is 1. The van der Waals surface area contributed by atoms with Gasteiger partial charge in [0.15, 0.2) is 5.17 Å². The van der Waals surface area contributed by atoms with Gasteiger partial charge in [0.25, 0.3) is 5.91 Å². The van der Waals surface area contributed by atoms with Gasteiger partial charge in [-0.1, -0.05) is 19.2 Å². The van der Waals surface area contributed by atoms with E-state index in [-0.39, 0.29) is 35.7 Å². The molecule has 2 aliphatic rings. The Morgan fingerprint density at radius 3 is 2.80 bits per heavy atom. The minimum Gasteiger partial charge on any atom is -0.379 e. The van der Waals surface area contributed by atoms with Crippen LogP contribution in [0.1, 0.15) is 42.0 Å². The zero-order valence-electron chi connectivity index (χ0n) is 15.6. The third kappa shape index (κ3) is 4.28. The summed E-state index contributed by atoms with van der Waals surface area (Å²) in [5.74, 6) is -0.514.